The molecule has 5 heterocycles. The van der Waals surface area contributed by atoms with Gasteiger partial charge in [0.25, 0.3) is 0 Å². The maximum absolute atomic E-state index is 15.7. The number of sulfone groups is 1. The maximum Gasteiger partial charge on any atom is 0.193 e. The van der Waals surface area contributed by atoms with Crippen LogP contribution in [0.3, 0.4) is 0 Å². The lowest BCUT2D eigenvalue weighted by atomic mass is 9.78. The first kappa shape index (κ1) is 64.8. The first-order chi connectivity index (χ1) is 35.8. The molecule has 5 saturated heterocycles. The Hall–Kier alpha value is -1.39. The SMILES string of the molecule is C=C1C[C@H](CCC=O)O[C@H]1CC[C@H]1C[C@H](C)C(=C)[C@@H](C[C@@H]2O[C@H](C[C@H](C)CC)[C@@H](C)[C@H]2C(C(=O)C[C@H]2CC[C@@H]3O[C@H]([C@H](/C=C/I)O[Si](C)(C)C(C)(C)C)[C@@H](O[Si](C)(C)C(C)(C)C)[C@@H](C)[C@@H]3O2)S(=O)(=O)c2ccc(C)cc2)O1. The minimum absolute atomic E-state index is 0.0117. The van der Waals surface area contributed by atoms with E-state index >= 15 is 13.2 Å². The number of ketones is 1. The van der Waals surface area contributed by atoms with E-state index in [-0.39, 0.29) is 99.9 Å². The zero-order valence-corrected chi connectivity index (χ0v) is 55.1. The number of carbonyl (C=O) groups excluding carboxylic acids is 2. The van der Waals surface area contributed by atoms with Crippen molar-refractivity contribution in [1.82, 2.24) is 0 Å². The highest BCUT2D eigenvalue weighted by molar-refractivity contribution is 14.1. The number of Topliss-reactive ketones (excluding diaryl/α,β-unsaturated/α-hetero) is 1. The van der Waals surface area contributed by atoms with E-state index in [1.165, 1.54) is 0 Å². The van der Waals surface area contributed by atoms with Crippen molar-refractivity contribution < 1.29 is 50.5 Å². The number of benzene rings is 1. The third-order valence-corrected chi connectivity index (χ3v) is 31.0. The molecular formula is C62H101IO11SSi2. The Balaban J connectivity index is 1.31. The fourth-order valence-electron chi connectivity index (χ4n) is 12.2. The molecule has 15 heteroatoms. The molecule has 18 atom stereocenters. The molecule has 0 spiro atoms. The summed E-state index contributed by atoms with van der Waals surface area (Å²) in [5.41, 5.74) is 2.97. The summed E-state index contributed by atoms with van der Waals surface area (Å²) in [7, 11) is -8.90. The van der Waals surface area contributed by atoms with E-state index in [1.807, 2.05) is 23.1 Å². The van der Waals surface area contributed by atoms with Gasteiger partial charge in [-0.15, -0.1) is 0 Å². The predicted octanol–water partition coefficient (Wildman–Crippen LogP) is 14.4. The van der Waals surface area contributed by atoms with Crippen molar-refractivity contribution >= 4 is 61.1 Å². The predicted molar refractivity (Wildman–Crippen MR) is 323 cm³/mol. The average molecular weight is 1240 g/mol. The van der Waals surface area contributed by atoms with Crippen molar-refractivity contribution in [2.24, 2.45) is 29.6 Å². The van der Waals surface area contributed by atoms with E-state index in [1.54, 1.807) is 12.1 Å². The largest absolute Gasteiger partial charge is 0.411 e. The first-order valence-corrected chi connectivity index (χ1v) is 38.0. The molecule has 11 nitrogen and oxygen atoms in total. The lowest BCUT2D eigenvalue weighted by molar-refractivity contribution is -0.251. The Morgan fingerprint density at radius 1 is 0.844 bits per heavy atom. The Morgan fingerprint density at radius 2 is 1.49 bits per heavy atom. The molecule has 6 rings (SSSR count). The minimum atomic E-state index is -4.26. The van der Waals surface area contributed by atoms with E-state index in [0.29, 0.717) is 38.0 Å². The van der Waals surface area contributed by atoms with Gasteiger partial charge < -0.3 is 37.3 Å². The summed E-state index contributed by atoms with van der Waals surface area (Å²) in [4.78, 5) is 26.9. The van der Waals surface area contributed by atoms with Crippen LogP contribution >= 0.6 is 22.6 Å². The molecule has 77 heavy (non-hydrogen) atoms. The van der Waals surface area contributed by atoms with Crippen molar-refractivity contribution in [2.45, 2.75) is 280 Å². The molecule has 5 aliphatic heterocycles. The lowest BCUT2D eigenvalue weighted by Crippen LogP contribution is -2.64. The molecule has 5 aliphatic rings. The van der Waals surface area contributed by atoms with Crippen LogP contribution in [0.25, 0.3) is 0 Å². The Labute approximate surface area is 482 Å². The zero-order valence-electron chi connectivity index (χ0n) is 50.1. The highest BCUT2D eigenvalue weighted by atomic mass is 127. The molecule has 0 bridgehead atoms. The summed E-state index contributed by atoms with van der Waals surface area (Å²) in [6.45, 7) is 44.4. The quantitative estimate of drug-likeness (QED) is 0.0449. The van der Waals surface area contributed by atoms with Crippen LogP contribution < -0.4 is 0 Å². The summed E-state index contributed by atoms with van der Waals surface area (Å²) in [6, 6.07) is 6.93. The molecule has 0 aromatic heterocycles. The average Bonchev–Trinajstić information content (AvgIpc) is 3.84. The lowest BCUT2D eigenvalue weighted by Gasteiger charge is -2.54. The second kappa shape index (κ2) is 26.5. The van der Waals surface area contributed by atoms with Gasteiger partial charge in [0.05, 0.1) is 72.0 Å². The number of hydrogen-bond acceptors (Lipinski definition) is 11. The second-order valence-corrected chi connectivity index (χ2v) is 39.6. The van der Waals surface area contributed by atoms with Gasteiger partial charge in [0.2, 0.25) is 0 Å². The second-order valence-electron chi connectivity index (χ2n) is 27.3. The highest BCUT2D eigenvalue weighted by Crippen LogP contribution is 2.49. The van der Waals surface area contributed by atoms with Gasteiger partial charge in [-0.25, -0.2) is 8.42 Å². The van der Waals surface area contributed by atoms with Gasteiger partial charge >= 0.3 is 0 Å². The minimum Gasteiger partial charge on any atom is -0.411 e. The van der Waals surface area contributed by atoms with E-state index < -0.39 is 56.0 Å². The third-order valence-electron chi connectivity index (χ3n) is 19.5. The smallest absolute Gasteiger partial charge is 0.193 e. The fraction of sp³-hybridized carbons (Fsp3) is 0.774. The van der Waals surface area contributed by atoms with Crippen molar-refractivity contribution in [3.63, 3.8) is 0 Å². The van der Waals surface area contributed by atoms with Crippen molar-refractivity contribution in [3.05, 3.63) is 64.3 Å². The van der Waals surface area contributed by atoms with Crippen LogP contribution in [0.15, 0.2) is 63.6 Å². The molecule has 5 fully saturated rings. The van der Waals surface area contributed by atoms with Gasteiger partial charge in [0.15, 0.2) is 32.3 Å². The highest BCUT2D eigenvalue weighted by Gasteiger charge is 2.57. The van der Waals surface area contributed by atoms with E-state index in [4.69, 9.17) is 32.5 Å². The number of rotatable bonds is 23. The number of aryl methyl sites for hydroxylation is 1. The number of halogens is 1. The van der Waals surface area contributed by atoms with Crippen LogP contribution in [0.5, 0.6) is 0 Å². The molecule has 0 amide bonds. The molecule has 0 saturated carbocycles. The maximum atomic E-state index is 15.7. The number of carbonyl (C=O) groups is 2. The molecule has 0 N–H and O–H groups in total. The van der Waals surface area contributed by atoms with Crippen LogP contribution in [0.1, 0.15) is 159 Å². The standard InChI is InChI=1S/C62H101IO11SSi2/c1-19-38(2)33-53-43(7)56(55(71-53)37-54-42(6)40(4)34-46(69-54)24-28-50-41(5)35-45(68-50)21-20-32-64)60(75(66,67)48-26-22-39(3)23-27-48)49(65)36-47-25-29-51-57(70-47)44(8)58(74-77(17,18)62(12,13)14)59(72-51)52(30-31-63)73-76(15,16)61(9,10)11/h22-23,26-27,30-32,38,40,43-47,50-60H,5-6,19-21,24-25,28-29,33-37H2,1-4,7-18H3/b31-30+/t38-,40+,43-,44+,45+,46+,47-,50+,51+,52+,53-,54-,55+,56-,57+,58+,59-,60?/m1/s1. The van der Waals surface area contributed by atoms with Crippen LogP contribution in [0.2, 0.25) is 36.3 Å². The van der Waals surface area contributed by atoms with Gasteiger partial charge in [-0.05, 0) is 146 Å². The fourth-order valence-corrected chi connectivity index (χ4v) is 17.3. The third kappa shape index (κ3) is 15.4. The number of ether oxygens (including phenoxy) is 5. The number of fused-ring (bicyclic) bond motifs is 1. The zero-order chi connectivity index (χ0) is 57.2. The summed E-state index contributed by atoms with van der Waals surface area (Å²) < 4.78 is 82.6. The van der Waals surface area contributed by atoms with Crippen molar-refractivity contribution in [2.75, 3.05) is 0 Å². The van der Waals surface area contributed by atoms with Gasteiger partial charge in [-0.3, -0.25) is 4.79 Å². The van der Waals surface area contributed by atoms with E-state index in [2.05, 4.69) is 144 Å². The Kier molecular flexibility index (Phi) is 22.3. The van der Waals surface area contributed by atoms with E-state index in [9.17, 15) is 4.79 Å². The normalized spacial score (nSPS) is 34.0. The number of hydrogen-bond donors (Lipinski definition) is 0. The summed E-state index contributed by atoms with van der Waals surface area (Å²) >= 11 is 2.28. The first-order valence-electron chi connectivity index (χ1n) is 29.4. The molecule has 0 aliphatic carbocycles. The van der Waals surface area contributed by atoms with Gasteiger partial charge in [-0.1, -0.05) is 136 Å². The van der Waals surface area contributed by atoms with Crippen molar-refractivity contribution in [3.8, 4) is 0 Å². The summed E-state index contributed by atoms with van der Waals surface area (Å²) in [5.74, 6) is -0.879. The van der Waals surface area contributed by atoms with Crippen LogP contribution in [0.4, 0.5) is 0 Å². The van der Waals surface area contributed by atoms with Crippen molar-refractivity contribution in [1.29, 1.82) is 0 Å². The van der Waals surface area contributed by atoms with Crippen LogP contribution in [-0.4, -0.2) is 116 Å². The van der Waals surface area contributed by atoms with Crippen LogP contribution in [0, 0.1) is 36.5 Å². The van der Waals surface area contributed by atoms with E-state index in [0.717, 1.165) is 61.5 Å². The molecule has 1 aromatic rings. The summed E-state index contributed by atoms with van der Waals surface area (Å²) in [5, 5.41) is -1.48. The van der Waals surface area contributed by atoms with Gasteiger partial charge in [0, 0.05) is 31.1 Å². The van der Waals surface area contributed by atoms with Gasteiger partial charge in [-0.2, -0.15) is 0 Å². The number of aldehydes is 1. The molecule has 436 valence electrons. The monoisotopic (exact) mass is 1240 g/mol. The topological polar surface area (TPSA) is 133 Å². The molecule has 1 aromatic carbocycles. The molecule has 0 radical (unpaired) electrons. The molecular weight excluding hydrogens is 1140 g/mol. The Bertz CT molecular complexity index is 2310. The molecule has 1 unspecified atom stereocenters. The summed E-state index contributed by atoms with van der Waals surface area (Å²) in [6.07, 6.45) is 6.93. The Morgan fingerprint density at radius 3 is 2.10 bits per heavy atom. The van der Waals surface area contributed by atoms with Crippen LogP contribution in [-0.2, 0) is 52.0 Å². The van der Waals surface area contributed by atoms with Gasteiger partial charge in [0.1, 0.15) is 17.6 Å².